The van der Waals surface area contributed by atoms with E-state index >= 15 is 0 Å². The first kappa shape index (κ1) is 7.85. The van der Waals surface area contributed by atoms with Crippen LogP contribution in [0.25, 0.3) is 0 Å². The molecular formula is C10H12N2S. The van der Waals surface area contributed by atoms with Crippen LogP contribution in [-0.4, -0.2) is 28.9 Å². The maximum absolute atomic E-state index is 3.45. The molecule has 2 heterocycles. The second-order valence-corrected chi connectivity index (χ2v) is 4.55. The Labute approximate surface area is 82.5 Å². The Bertz CT molecular complexity index is 295. The van der Waals surface area contributed by atoms with E-state index in [0.29, 0.717) is 17.5 Å². The maximum Gasteiger partial charge on any atom is 0.0889 e. The van der Waals surface area contributed by atoms with E-state index in [4.69, 9.17) is 0 Å². The monoisotopic (exact) mass is 192 g/mol. The molecule has 2 nitrogen and oxygen atoms in total. The Morgan fingerprint density at radius 1 is 1.23 bits per heavy atom. The van der Waals surface area contributed by atoms with Crippen LogP contribution >= 0.6 is 11.9 Å². The van der Waals surface area contributed by atoms with Crippen LogP contribution in [0.1, 0.15) is 0 Å². The third-order valence-electron chi connectivity index (χ3n) is 2.76. The van der Waals surface area contributed by atoms with Gasteiger partial charge in [0.2, 0.25) is 0 Å². The van der Waals surface area contributed by atoms with Crippen molar-refractivity contribution < 1.29 is 0 Å². The summed E-state index contributed by atoms with van der Waals surface area (Å²) in [6, 6.07) is 0.580. The highest BCUT2D eigenvalue weighted by Gasteiger charge is 2.35. The second-order valence-electron chi connectivity index (χ2n) is 3.53. The summed E-state index contributed by atoms with van der Waals surface area (Å²) < 4.78 is 3.45. The fourth-order valence-corrected chi connectivity index (χ4v) is 3.15. The molecule has 1 saturated heterocycles. The Hall–Kier alpha value is -0.510. The van der Waals surface area contributed by atoms with Crippen LogP contribution < -0.4 is 4.72 Å². The van der Waals surface area contributed by atoms with Crippen molar-refractivity contribution in [1.29, 1.82) is 0 Å². The zero-order valence-corrected chi connectivity index (χ0v) is 8.08. The molecule has 1 N–H and O–H groups in total. The molecule has 0 aromatic heterocycles. The molecule has 1 fully saturated rings. The number of hydrogen-bond acceptors (Lipinski definition) is 3. The first-order chi connectivity index (χ1) is 6.45. The van der Waals surface area contributed by atoms with Gasteiger partial charge in [-0.1, -0.05) is 48.4 Å². The summed E-state index contributed by atoms with van der Waals surface area (Å²) in [5, 5.41) is 0.584. The molecule has 0 aromatic rings. The highest BCUT2D eigenvalue weighted by Crippen LogP contribution is 2.31. The summed E-state index contributed by atoms with van der Waals surface area (Å²) >= 11 is 1.84. The van der Waals surface area contributed by atoms with Crippen molar-refractivity contribution in [3.05, 3.63) is 36.5 Å². The largest absolute Gasteiger partial charge is 0.272 e. The van der Waals surface area contributed by atoms with Crippen LogP contribution in [-0.2, 0) is 0 Å². The first-order valence-electron chi connectivity index (χ1n) is 4.64. The Morgan fingerprint density at radius 3 is 3.15 bits per heavy atom. The minimum Gasteiger partial charge on any atom is -0.272 e. The van der Waals surface area contributed by atoms with Crippen LogP contribution in [0.5, 0.6) is 0 Å². The van der Waals surface area contributed by atoms with Gasteiger partial charge in [-0.05, 0) is 0 Å². The average molecular weight is 192 g/mol. The van der Waals surface area contributed by atoms with E-state index in [1.807, 2.05) is 11.9 Å². The fourth-order valence-electron chi connectivity index (χ4n) is 2.08. The standard InChI is InChI=1S/C10H12N2S/c1-2-5-9-8(4-1)12-7-3-6-10(12)11-13-9/h1-6,8-11H,7H2. The minimum absolute atomic E-state index is 0.447. The number of allylic oxidation sites excluding steroid dienone is 2. The first-order valence-corrected chi connectivity index (χ1v) is 5.52. The topological polar surface area (TPSA) is 15.3 Å². The van der Waals surface area contributed by atoms with Gasteiger partial charge in [-0.15, -0.1) is 0 Å². The number of rotatable bonds is 0. The van der Waals surface area contributed by atoms with Crippen LogP contribution in [0, 0.1) is 0 Å². The molecule has 2 aliphatic heterocycles. The quantitative estimate of drug-likeness (QED) is 0.460. The number of nitrogens with zero attached hydrogens (tertiary/aromatic N) is 1. The zero-order valence-electron chi connectivity index (χ0n) is 7.26. The number of nitrogens with one attached hydrogen (secondary N) is 1. The van der Waals surface area contributed by atoms with E-state index in [-0.39, 0.29) is 0 Å². The summed E-state index contributed by atoms with van der Waals surface area (Å²) in [5.74, 6) is 0. The van der Waals surface area contributed by atoms with Gasteiger partial charge >= 0.3 is 0 Å². The Morgan fingerprint density at radius 2 is 2.15 bits per heavy atom. The molecule has 0 amide bonds. The van der Waals surface area contributed by atoms with Gasteiger partial charge in [0, 0.05) is 12.6 Å². The van der Waals surface area contributed by atoms with Crippen molar-refractivity contribution in [2.24, 2.45) is 0 Å². The van der Waals surface area contributed by atoms with Gasteiger partial charge in [0.25, 0.3) is 0 Å². The molecule has 0 radical (unpaired) electrons. The lowest BCUT2D eigenvalue weighted by Gasteiger charge is -2.41. The van der Waals surface area contributed by atoms with Crippen LogP contribution in [0.15, 0.2) is 36.5 Å². The summed E-state index contributed by atoms with van der Waals surface area (Å²) in [5.41, 5.74) is 0. The van der Waals surface area contributed by atoms with Crippen molar-refractivity contribution in [2.45, 2.75) is 17.5 Å². The normalized spacial score (nSPS) is 42.0. The van der Waals surface area contributed by atoms with Gasteiger partial charge in [-0.2, -0.15) is 0 Å². The molecule has 3 aliphatic rings. The minimum atomic E-state index is 0.447. The molecule has 13 heavy (non-hydrogen) atoms. The lowest BCUT2D eigenvalue weighted by molar-refractivity contribution is 0.212. The zero-order chi connectivity index (χ0) is 8.67. The van der Waals surface area contributed by atoms with E-state index in [2.05, 4.69) is 46.1 Å². The van der Waals surface area contributed by atoms with E-state index in [9.17, 15) is 0 Å². The summed E-state index contributed by atoms with van der Waals surface area (Å²) in [6.07, 6.45) is 13.8. The van der Waals surface area contributed by atoms with E-state index in [1.165, 1.54) is 0 Å². The van der Waals surface area contributed by atoms with Crippen LogP contribution in [0.2, 0.25) is 0 Å². The lowest BCUT2D eigenvalue weighted by Crippen LogP contribution is -2.53. The van der Waals surface area contributed by atoms with Crippen molar-refractivity contribution >= 4 is 11.9 Å². The SMILES string of the molecule is C1=CC2SNC3C=CCN3C2C=C1. The molecule has 3 heteroatoms. The summed E-state index contributed by atoms with van der Waals surface area (Å²) in [7, 11) is 0. The predicted octanol–water partition coefficient (Wildman–Crippen LogP) is 1.30. The Kier molecular flexibility index (Phi) is 1.82. The summed E-state index contributed by atoms with van der Waals surface area (Å²) in [6.45, 7) is 1.08. The molecule has 0 aromatic carbocycles. The smallest absolute Gasteiger partial charge is 0.0889 e. The van der Waals surface area contributed by atoms with Gasteiger partial charge in [0.15, 0.2) is 0 Å². The highest BCUT2D eigenvalue weighted by molar-refractivity contribution is 7.98. The molecular weight excluding hydrogens is 180 g/mol. The molecule has 0 spiro atoms. The van der Waals surface area contributed by atoms with Gasteiger partial charge in [-0.25, -0.2) is 4.72 Å². The maximum atomic E-state index is 3.45. The third kappa shape index (κ3) is 1.19. The third-order valence-corrected chi connectivity index (χ3v) is 3.84. The van der Waals surface area contributed by atoms with Crippen molar-refractivity contribution in [3.63, 3.8) is 0 Å². The van der Waals surface area contributed by atoms with Gasteiger partial charge < -0.3 is 0 Å². The summed E-state index contributed by atoms with van der Waals surface area (Å²) in [4.78, 5) is 2.49. The second kappa shape index (κ2) is 3.01. The van der Waals surface area contributed by atoms with Gasteiger partial charge in [0.1, 0.15) is 0 Å². The van der Waals surface area contributed by atoms with Crippen LogP contribution in [0.3, 0.4) is 0 Å². The van der Waals surface area contributed by atoms with Gasteiger partial charge in [0.05, 0.1) is 11.4 Å². The number of fused-ring (bicyclic) bond motifs is 3. The van der Waals surface area contributed by atoms with E-state index in [1.54, 1.807) is 0 Å². The lowest BCUT2D eigenvalue weighted by atomic mass is 10.1. The highest BCUT2D eigenvalue weighted by atomic mass is 32.2. The van der Waals surface area contributed by atoms with Gasteiger partial charge in [-0.3, -0.25) is 4.90 Å². The average Bonchev–Trinajstić information content (AvgIpc) is 2.65. The van der Waals surface area contributed by atoms with Crippen LogP contribution in [0.4, 0.5) is 0 Å². The molecule has 68 valence electrons. The molecule has 0 bridgehead atoms. The molecule has 3 atom stereocenters. The van der Waals surface area contributed by atoms with Crippen molar-refractivity contribution in [1.82, 2.24) is 9.62 Å². The Balaban J connectivity index is 1.88. The van der Waals surface area contributed by atoms with Crippen molar-refractivity contribution in [3.8, 4) is 0 Å². The number of hydrogen-bond donors (Lipinski definition) is 1. The van der Waals surface area contributed by atoms with E-state index in [0.717, 1.165) is 6.54 Å². The molecule has 3 rings (SSSR count). The molecule has 0 saturated carbocycles. The fraction of sp³-hybridized carbons (Fsp3) is 0.400. The molecule has 3 unspecified atom stereocenters. The van der Waals surface area contributed by atoms with Crippen molar-refractivity contribution in [2.75, 3.05) is 6.54 Å². The predicted molar refractivity (Wildman–Crippen MR) is 56.2 cm³/mol. The van der Waals surface area contributed by atoms with E-state index < -0.39 is 0 Å². The molecule has 1 aliphatic carbocycles.